The van der Waals surface area contributed by atoms with E-state index in [0.717, 1.165) is 11.1 Å². The molecule has 0 heterocycles. The van der Waals surface area contributed by atoms with E-state index in [1.54, 1.807) is 0 Å². The van der Waals surface area contributed by atoms with Gasteiger partial charge < -0.3 is 21.9 Å². The van der Waals surface area contributed by atoms with E-state index in [2.05, 4.69) is 53.6 Å². The van der Waals surface area contributed by atoms with Crippen molar-refractivity contribution in [2.45, 2.75) is 32.2 Å². The fourth-order valence-corrected chi connectivity index (χ4v) is 2.77. The fraction of sp³-hybridized carbons (Fsp3) is 0.333. The monoisotopic (exact) mass is 368 g/mol. The number of carbonyl (C=O) groups is 1. The molecule has 0 aliphatic rings. The molecule has 6 nitrogen and oxygen atoms in total. The van der Waals surface area contributed by atoms with Gasteiger partial charge in [-0.3, -0.25) is 9.79 Å². The van der Waals surface area contributed by atoms with Crippen LogP contribution >= 0.6 is 0 Å². The number of hydrogen-bond donors (Lipinski definition) is 4. The van der Waals surface area contributed by atoms with Crippen LogP contribution in [-0.4, -0.2) is 36.2 Å². The van der Waals surface area contributed by atoms with Crippen LogP contribution in [0.2, 0.25) is 0 Å². The van der Waals surface area contributed by atoms with Gasteiger partial charge in [0.05, 0.1) is 12.6 Å². The largest absolute Gasteiger partial charge is 0.394 e. The van der Waals surface area contributed by atoms with Crippen LogP contribution in [0.25, 0.3) is 11.1 Å². The van der Waals surface area contributed by atoms with Crippen LogP contribution in [0.15, 0.2) is 53.5 Å². The summed E-state index contributed by atoms with van der Waals surface area (Å²) in [4.78, 5) is 15.8. The van der Waals surface area contributed by atoms with Crippen molar-refractivity contribution in [2.75, 3.05) is 13.2 Å². The highest BCUT2D eigenvalue weighted by molar-refractivity contribution is 5.77. The highest BCUT2D eigenvalue weighted by atomic mass is 16.3. The molecule has 0 radical (unpaired) electrons. The fourth-order valence-electron chi connectivity index (χ4n) is 2.77. The van der Waals surface area contributed by atoms with Crippen molar-refractivity contribution >= 4 is 11.9 Å². The third-order valence-electron chi connectivity index (χ3n) is 4.26. The van der Waals surface area contributed by atoms with Gasteiger partial charge in [-0.1, -0.05) is 54.1 Å². The standard InChI is InChI=1S/C21H28N4O2/c1-15-4-8-17(9-5-15)18-10-6-16(7-11-18)13-19(14-26)25-20(27)3-2-12-24-21(22)23/h4-11,19,26H,2-3,12-14H2,1H3,(H,25,27)(H4,22,23,24). The first-order valence-corrected chi connectivity index (χ1v) is 9.09. The summed E-state index contributed by atoms with van der Waals surface area (Å²) in [6, 6.07) is 16.3. The number of nitrogens with one attached hydrogen (secondary N) is 1. The molecule has 0 aliphatic heterocycles. The molecule has 1 amide bonds. The van der Waals surface area contributed by atoms with E-state index >= 15 is 0 Å². The highest BCUT2D eigenvalue weighted by Crippen LogP contribution is 2.20. The van der Waals surface area contributed by atoms with Crippen molar-refractivity contribution in [3.8, 4) is 11.1 Å². The highest BCUT2D eigenvalue weighted by Gasteiger charge is 2.12. The molecule has 0 bridgehead atoms. The molecule has 6 N–H and O–H groups in total. The van der Waals surface area contributed by atoms with E-state index in [1.165, 1.54) is 11.1 Å². The predicted molar refractivity (Wildman–Crippen MR) is 109 cm³/mol. The second-order valence-electron chi connectivity index (χ2n) is 6.62. The minimum atomic E-state index is -0.314. The maximum atomic E-state index is 12.0. The van der Waals surface area contributed by atoms with Gasteiger partial charge in [-0.05, 0) is 36.5 Å². The SMILES string of the molecule is Cc1ccc(-c2ccc(CC(CO)NC(=O)CCCN=C(N)N)cc2)cc1. The molecule has 1 atom stereocenters. The summed E-state index contributed by atoms with van der Waals surface area (Å²) >= 11 is 0. The summed E-state index contributed by atoms with van der Waals surface area (Å²) < 4.78 is 0. The van der Waals surface area contributed by atoms with Crippen LogP contribution in [0.1, 0.15) is 24.0 Å². The van der Waals surface area contributed by atoms with Crippen molar-refractivity contribution in [1.82, 2.24) is 5.32 Å². The number of amides is 1. The Hall–Kier alpha value is -2.86. The lowest BCUT2D eigenvalue weighted by atomic mass is 10.00. The smallest absolute Gasteiger partial charge is 0.220 e. The van der Waals surface area contributed by atoms with Crippen molar-refractivity contribution in [1.29, 1.82) is 0 Å². The number of aliphatic hydroxyl groups is 1. The normalized spacial score (nSPS) is 11.6. The number of benzene rings is 2. The third kappa shape index (κ3) is 7.11. The maximum Gasteiger partial charge on any atom is 0.220 e. The van der Waals surface area contributed by atoms with Crippen molar-refractivity contribution < 1.29 is 9.90 Å². The lowest BCUT2D eigenvalue weighted by Gasteiger charge is -2.16. The van der Waals surface area contributed by atoms with Crippen molar-refractivity contribution in [2.24, 2.45) is 16.5 Å². The first kappa shape index (κ1) is 20.5. The Bertz CT molecular complexity index is 751. The van der Waals surface area contributed by atoms with Gasteiger partial charge in [0.1, 0.15) is 0 Å². The molecular formula is C21H28N4O2. The van der Waals surface area contributed by atoms with Crippen LogP contribution in [0.5, 0.6) is 0 Å². The lowest BCUT2D eigenvalue weighted by Crippen LogP contribution is -2.39. The van der Waals surface area contributed by atoms with Crippen molar-refractivity contribution in [3.05, 3.63) is 59.7 Å². The minimum absolute atomic E-state index is 0.0257. The molecule has 2 rings (SSSR count). The van der Waals surface area contributed by atoms with Crippen LogP contribution in [0, 0.1) is 6.92 Å². The van der Waals surface area contributed by atoms with Gasteiger partial charge in [-0.15, -0.1) is 0 Å². The van der Waals surface area contributed by atoms with Gasteiger partial charge >= 0.3 is 0 Å². The average molecular weight is 368 g/mol. The summed E-state index contributed by atoms with van der Waals surface area (Å²) in [5.74, 6) is -0.0890. The number of aryl methyl sites for hydroxylation is 1. The van der Waals surface area contributed by atoms with E-state index in [4.69, 9.17) is 11.5 Å². The molecule has 0 aromatic heterocycles. The summed E-state index contributed by atoms with van der Waals surface area (Å²) in [6.07, 6.45) is 1.46. The summed E-state index contributed by atoms with van der Waals surface area (Å²) in [5, 5.41) is 12.4. The zero-order valence-corrected chi connectivity index (χ0v) is 15.7. The molecule has 144 valence electrons. The van der Waals surface area contributed by atoms with Crippen molar-refractivity contribution in [3.63, 3.8) is 0 Å². The number of nitrogens with two attached hydrogens (primary N) is 2. The summed E-state index contributed by atoms with van der Waals surface area (Å²) in [5.41, 5.74) is 15.1. The maximum absolute atomic E-state index is 12.0. The summed E-state index contributed by atoms with van der Waals surface area (Å²) in [7, 11) is 0. The predicted octanol–water partition coefficient (Wildman–Crippen LogP) is 1.74. The molecule has 27 heavy (non-hydrogen) atoms. The number of rotatable bonds is 9. The van der Waals surface area contributed by atoms with Gasteiger partial charge in [0.15, 0.2) is 5.96 Å². The zero-order valence-electron chi connectivity index (χ0n) is 15.7. The zero-order chi connectivity index (χ0) is 19.6. The first-order chi connectivity index (χ1) is 13.0. The Kier molecular flexibility index (Phi) is 7.82. The molecule has 2 aromatic carbocycles. The van der Waals surface area contributed by atoms with Crippen LogP contribution < -0.4 is 16.8 Å². The van der Waals surface area contributed by atoms with Gasteiger partial charge in [0.2, 0.25) is 5.91 Å². The Morgan fingerprint density at radius 1 is 1.07 bits per heavy atom. The van der Waals surface area contributed by atoms with Crippen LogP contribution in [0.4, 0.5) is 0 Å². The van der Waals surface area contributed by atoms with Gasteiger partial charge in [0, 0.05) is 13.0 Å². The third-order valence-corrected chi connectivity index (χ3v) is 4.26. The van der Waals surface area contributed by atoms with E-state index in [1.807, 2.05) is 12.1 Å². The van der Waals surface area contributed by atoms with Crippen LogP contribution in [0.3, 0.4) is 0 Å². The molecule has 1 unspecified atom stereocenters. The molecule has 0 saturated carbocycles. The Morgan fingerprint density at radius 3 is 2.22 bits per heavy atom. The number of hydrogen-bond acceptors (Lipinski definition) is 3. The molecule has 6 heteroatoms. The first-order valence-electron chi connectivity index (χ1n) is 9.09. The quantitative estimate of drug-likeness (QED) is 0.307. The number of nitrogens with zero attached hydrogens (tertiary/aromatic N) is 1. The van der Waals surface area contributed by atoms with Crippen LogP contribution in [-0.2, 0) is 11.2 Å². The summed E-state index contributed by atoms with van der Waals surface area (Å²) in [6.45, 7) is 2.37. The molecule has 2 aromatic rings. The molecule has 0 saturated heterocycles. The van der Waals surface area contributed by atoms with Gasteiger partial charge in [-0.2, -0.15) is 0 Å². The van der Waals surface area contributed by atoms with Gasteiger partial charge in [0.25, 0.3) is 0 Å². The van der Waals surface area contributed by atoms with E-state index < -0.39 is 0 Å². The number of aliphatic imine (C=N–C) groups is 1. The topological polar surface area (TPSA) is 114 Å². The molecule has 0 spiro atoms. The average Bonchev–Trinajstić information content (AvgIpc) is 2.66. The molecule has 0 aliphatic carbocycles. The van der Waals surface area contributed by atoms with Gasteiger partial charge in [-0.25, -0.2) is 0 Å². The number of aliphatic hydroxyl groups excluding tert-OH is 1. The minimum Gasteiger partial charge on any atom is -0.394 e. The second-order valence-corrected chi connectivity index (χ2v) is 6.62. The molecular weight excluding hydrogens is 340 g/mol. The van der Waals surface area contributed by atoms with E-state index in [9.17, 15) is 9.90 Å². The second kappa shape index (κ2) is 10.3. The van der Waals surface area contributed by atoms with E-state index in [-0.39, 0.29) is 24.5 Å². The lowest BCUT2D eigenvalue weighted by molar-refractivity contribution is -0.122. The Labute approximate surface area is 160 Å². The number of guanidine groups is 1. The molecule has 0 fully saturated rings. The Morgan fingerprint density at radius 2 is 1.67 bits per heavy atom. The number of carbonyl (C=O) groups excluding carboxylic acids is 1. The van der Waals surface area contributed by atoms with E-state index in [0.29, 0.717) is 25.8 Å². The Balaban J connectivity index is 1.87.